The lowest BCUT2D eigenvalue weighted by atomic mass is 10.1. The second kappa shape index (κ2) is 9.41. The minimum absolute atomic E-state index is 0.110. The molecule has 4 rings (SSSR count). The van der Waals surface area contributed by atoms with Crippen LogP contribution < -0.4 is 20.9 Å². The Kier molecular flexibility index (Phi) is 6.24. The number of H-pyrrole nitrogens is 1. The highest BCUT2D eigenvalue weighted by Gasteiger charge is 2.11. The maximum absolute atomic E-state index is 12.1. The zero-order valence-corrected chi connectivity index (χ0v) is 16.6. The van der Waals surface area contributed by atoms with Crippen molar-refractivity contribution in [2.45, 2.75) is 19.6 Å². The molecular weight excluding hydrogens is 384 g/mol. The monoisotopic (exact) mass is 408 g/mol. The lowest BCUT2D eigenvalue weighted by molar-refractivity contribution is 0.122. The minimum Gasteiger partial charge on any atom is -0.468 e. The van der Waals surface area contributed by atoms with Gasteiger partial charge in [0.25, 0.3) is 5.88 Å². The number of rotatable bonds is 7. The fraction of sp³-hybridized carbons (Fsp3) is 0.318. The number of nitrogens with one attached hydrogen (secondary N) is 1. The summed E-state index contributed by atoms with van der Waals surface area (Å²) in [6, 6.07) is 17.7. The summed E-state index contributed by atoms with van der Waals surface area (Å²) in [5, 5.41) is 4.11. The van der Waals surface area contributed by atoms with Crippen LogP contribution in [0, 0.1) is 0 Å². The smallest absolute Gasteiger partial charge is 0.344 e. The van der Waals surface area contributed by atoms with Crippen LogP contribution in [-0.2, 0) is 24.3 Å². The molecule has 0 amide bonds. The first-order chi connectivity index (χ1) is 14.7. The zero-order valence-electron chi connectivity index (χ0n) is 16.6. The van der Waals surface area contributed by atoms with Gasteiger partial charge >= 0.3 is 11.2 Å². The van der Waals surface area contributed by atoms with Crippen molar-refractivity contribution < 1.29 is 9.47 Å². The van der Waals surface area contributed by atoms with Crippen molar-refractivity contribution in [3.05, 3.63) is 86.6 Å². The Morgan fingerprint density at radius 3 is 2.43 bits per heavy atom. The molecule has 0 atom stereocenters. The molecule has 1 N–H and O–H groups in total. The lowest BCUT2D eigenvalue weighted by Gasteiger charge is -2.28. The Bertz CT molecular complexity index is 1070. The van der Waals surface area contributed by atoms with Gasteiger partial charge < -0.3 is 14.4 Å². The van der Waals surface area contributed by atoms with E-state index >= 15 is 0 Å². The molecule has 1 fully saturated rings. The van der Waals surface area contributed by atoms with E-state index in [1.807, 2.05) is 42.5 Å². The number of aryl methyl sites for hydroxylation is 2. The number of hydrogen-bond donors (Lipinski definition) is 1. The Morgan fingerprint density at radius 2 is 1.70 bits per heavy atom. The molecule has 1 aromatic heterocycles. The van der Waals surface area contributed by atoms with Crippen LogP contribution in [0.4, 0.5) is 5.69 Å². The largest absolute Gasteiger partial charge is 0.468 e. The average Bonchev–Trinajstić information content (AvgIpc) is 2.79. The van der Waals surface area contributed by atoms with E-state index in [1.165, 1.54) is 4.68 Å². The van der Waals surface area contributed by atoms with E-state index in [1.54, 1.807) is 0 Å². The number of ether oxygens (including phenoxy) is 2. The number of anilines is 1. The highest BCUT2D eigenvalue weighted by atomic mass is 16.5. The molecule has 8 heteroatoms. The molecule has 0 spiro atoms. The Morgan fingerprint density at radius 1 is 0.967 bits per heavy atom. The summed E-state index contributed by atoms with van der Waals surface area (Å²) >= 11 is 0. The van der Waals surface area contributed by atoms with E-state index in [0.29, 0.717) is 13.0 Å². The molecule has 2 heterocycles. The van der Waals surface area contributed by atoms with E-state index in [9.17, 15) is 9.59 Å². The summed E-state index contributed by atoms with van der Waals surface area (Å²) in [5.74, 6) is -0.110. The van der Waals surface area contributed by atoms with E-state index in [-0.39, 0.29) is 12.5 Å². The molecule has 8 nitrogen and oxygen atoms in total. The molecule has 30 heavy (non-hydrogen) atoms. The number of aromatic amines is 1. The summed E-state index contributed by atoms with van der Waals surface area (Å²) in [4.78, 5) is 28.7. The standard InChI is InChI=1S/C22H24N4O4/c27-20-21(30-16-18-4-2-1-3-5-18)24-26(22(28)23-20)11-10-17-6-8-19(9-7-17)25-12-14-29-15-13-25/h1-9H,10-16H2,(H,23,27,28). The maximum atomic E-state index is 12.1. The van der Waals surface area contributed by atoms with Crippen molar-refractivity contribution in [3.8, 4) is 5.88 Å². The molecule has 0 bridgehead atoms. The molecule has 0 radical (unpaired) electrons. The fourth-order valence-electron chi connectivity index (χ4n) is 3.32. The first-order valence-electron chi connectivity index (χ1n) is 9.99. The Hall–Kier alpha value is -3.39. The number of morpholine rings is 1. The number of benzene rings is 2. The van der Waals surface area contributed by atoms with Crippen molar-refractivity contribution in [2.75, 3.05) is 31.2 Å². The van der Waals surface area contributed by atoms with Gasteiger partial charge in [0.05, 0.1) is 19.8 Å². The summed E-state index contributed by atoms with van der Waals surface area (Å²) in [6.45, 7) is 3.82. The van der Waals surface area contributed by atoms with Crippen LogP contribution in [0.15, 0.2) is 64.2 Å². The van der Waals surface area contributed by atoms with Crippen molar-refractivity contribution in [1.29, 1.82) is 0 Å². The molecule has 1 aliphatic heterocycles. The maximum Gasteiger partial charge on any atom is 0.344 e. The zero-order chi connectivity index (χ0) is 20.8. The SMILES string of the molecule is O=c1[nH]c(=O)n(CCc2ccc(N3CCOCC3)cc2)nc1OCc1ccccc1. The minimum atomic E-state index is -0.623. The van der Waals surface area contributed by atoms with Gasteiger partial charge in [-0.05, 0) is 29.7 Å². The van der Waals surface area contributed by atoms with Gasteiger partial charge in [-0.3, -0.25) is 9.78 Å². The van der Waals surface area contributed by atoms with Crippen LogP contribution in [0.1, 0.15) is 11.1 Å². The summed E-state index contributed by atoms with van der Waals surface area (Å²) in [5.41, 5.74) is 1.99. The molecule has 156 valence electrons. The third kappa shape index (κ3) is 4.96. The van der Waals surface area contributed by atoms with Gasteiger partial charge in [-0.25, -0.2) is 9.48 Å². The second-order valence-electron chi connectivity index (χ2n) is 7.08. The Balaban J connectivity index is 1.40. The number of hydrogen-bond acceptors (Lipinski definition) is 6. The summed E-state index contributed by atoms with van der Waals surface area (Å²) in [6.07, 6.45) is 0.612. The van der Waals surface area contributed by atoms with Gasteiger partial charge in [0.1, 0.15) is 6.61 Å². The first-order valence-corrected chi connectivity index (χ1v) is 9.99. The van der Waals surface area contributed by atoms with E-state index in [4.69, 9.17) is 9.47 Å². The van der Waals surface area contributed by atoms with Gasteiger partial charge in [-0.15, -0.1) is 5.10 Å². The average molecular weight is 408 g/mol. The predicted molar refractivity (Wildman–Crippen MR) is 113 cm³/mol. The van der Waals surface area contributed by atoms with Crippen molar-refractivity contribution in [1.82, 2.24) is 14.8 Å². The molecule has 1 saturated heterocycles. The molecular formula is C22H24N4O4. The van der Waals surface area contributed by atoms with Crippen LogP contribution >= 0.6 is 0 Å². The summed E-state index contributed by atoms with van der Waals surface area (Å²) < 4.78 is 12.1. The second-order valence-corrected chi connectivity index (χ2v) is 7.08. The van der Waals surface area contributed by atoms with Gasteiger partial charge in [0.2, 0.25) is 0 Å². The van der Waals surface area contributed by atoms with Crippen molar-refractivity contribution in [2.24, 2.45) is 0 Å². The molecule has 0 aliphatic carbocycles. The number of aromatic nitrogens is 3. The van der Waals surface area contributed by atoms with E-state index in [0.717, 1.165) is 43.1 Å². The van der Waals surface area contributed by atoms with E-state index in [2.05, 4.69) is 27.1 Å². The lowest BCUT2D eigenvalue weighted by Crippen LogP contribution is -2.36. The van der Waals surface area contributed by atoms with E-state index < -0.39 is 11.2 Å². The third-order valence-electron chi connectivity index (χ3n) is 5.00. The van der Waals surface area contributed by atoms with Gasteiger partial charge in [0, 0.05) is 18.8 Å². The molecule has 1 aliphatic rings. The van der Waals surface area contributed by atoms with Gasteiger partial charge in [-0.2, -0.15) is 0 Å². The highest BCUT2D eigenvalue weighted by molar-refractivity contribution is 5.47. The van der Waals surface area contributed by atoms with Crippen LogP contribution in [-0.4, -0.2) is 41.1 Å². The van der Waals surface area contributed by atoms with Gasteiger partial charge in [-0.1, -0.05) is 42.5 Å². The molecule has 0 saturated carbocycles. The highest BCUT2D eigenvalue weighted by Crippen LogP contribution is 2.17. The van der Waals surface area contributed by atoms with Crippen molar-refractivity contribution in [3.63, 3.8) is 0 Å². The number of nitrogens with zero attached hydrogens (tertiary/aromatic N) is 3. The van der Waals surface area contributed by atoms with Crippen LogP contribution in [0.5, 0.6) is 5.88 Å². The summed E-state index contributed by atoms with van der Waals surface area (Å²) in [7, 11) is 0. The Labute approximate surface area is 173 Å². The normalized spacial score (nSPS) is 13.9. The predicted octanol–water partition coefficient (Wildman–Crippen LogP) is 1.59. The quantitative estimate of drug-likeness (QED) is 0.639. The molecule has 2 aromatic carbocycles. The van der Waals surface area contributed by atoms with Crippen LogP contribution in [0.3, 0.4) is 0 Å². The van der Waals surface area contributed by atoms with Crippen molar-refractivity contribution >= 4 is 5.69 Å². The third-order valence-corrected chi connectivity index (χ3v) is 5.00. The van der Waals surface area contributed by atoms with Gasteiger partial charge in [0.15, 0.2) is 0 Å². The fourth-order valence-corrected chi connectivity index (χ4v) is 3.32. The topological polar surface area (TPSA) is 89.5 Å². The van der Waals surface area contributed by atoms with Crippen LogP contribution in [0.25, 0.3) is 0 Å². The first kappa shape index (κ1) is 19.9. The molecule has 0 unspecified atom stereocenters. The van der Waals surface area contributed by atoms with Crippen LogP contribution in [0.2, 0.25) is 0 Å². The molecule has 3 aromatic rings.